The molecule has 0 unspecified atom stereocenters. The predicted octanol–water partition coefficient (Wildman–Crippen LogP) is 4.45. The second kappa shape index (κ2) is 7.27. The Morgan fingerprint density at radius 1 is 1.10 bits per heavy atom. The predicted molar refractivity (Wildman–Crippen MR) is 88.7 cm³/mol. The second-order valence-electron chi connectivity index (χ2n) is 4.90. The molecule has 4 heteroatoms. The van der Waals surface area contributed by atoms with Gasteiger partial charge < -0.3 is 14.8 Å². The number of hydrogen-bond acceptors (Lipinski definition) is 3. The summed E-state index contributed by atoms with van der Waals surface area (Å²) >= 11 is 3.43. The SMILES string of the molecule is COc1ccc(N[C@H](c2ccc(Br)cc2)[C@@H](C)C=O)cc1. The highest BCUT2D eigenvalue weighted by Gasteiger charge is 2.18. The van der Waals surface area contributed by atoms with Crippen molar-refractivity contribution in [3.8, 4) is 5.75 Å². The van der Waals surface area contributed by atoms with Crippen molar-refractivity contribution in [2.45, 2.75) is 13.0 Å². The van der Waals surface area contributed by atoms with E-state index in [1.165, 1.54) is 0 Å². The first-order valence-electron chi connectivity index (χ1n) is 6.75. The minimum atomic E-state index is -0.131. The third-order valence-corrected chi connectivity index (χ3v) is 3.91. The van der Waals surface area contributed by atoms with E-state index >= 15 is 0 Å². The molecule has 0 bridgehead atoms. The molecule has 110 valence electrons. The number of halogens is 1. The smallest absolute Gasteiger partial charge is 0.125 e. The van der Waals surface area contributed by atoms with Crippen LogP contribution in [0.25, 0.3) is 0 Å². The first kappa shape index (κ1) is 15.6. The Balaban J connectivity index is 2.23. The number of nitrogens with one attached hydrogen (secondary N) is 1. The molecule has 1 N–H and O–H groups in total. The fourth-order valence-corrected chi connectivity index (χ4v) is 2.40. The number of rotatable bonds is 6. The highest BCUT2D eigenvalue weighted by atomic mass is 79.9. The first-order valence-corrected chi connectivity index (χ1v) is 7.54. The zero-order chi connectivity index (χ0) is 15.2. The van der Waals surface area contributed by atoms with Crippen molar-refractivity contribution >= 4 is 27.9 Å². The molecule has 2 rings (SSSR count). The van der Waals surface area contributed by atoms with Crippen molar-refractivity contribution in [3.63, 3.8) is 0 Å². The first-order chi connectivity index (χ1) is 10.1. The van der Waals surface area contributed by atoms with E-state index in [1.807, 2.05) is 55.5 Å². The van der Waals surface area contributed by atoms with Crippen LogP contribution in [0.2, 0.25) is 0 Å². The number of hydrogen-bond donors (Lipinski definition) is 1. The number of anilines is 1. The molecule has 0 fully saturated rings. The van der Waals surface area contributed by atoms with E-state index in [0.717, 1.165) is 27.8 Å². The molecule has 2 aromatic rings. The van der Waals surface area contributed by atoms with Crippen LogP contribution in [0.5, 0.6) is 5.75 Å². The van der Waals surface area contributed by atoms with Crippen LogP contribution in [0.1, 0.15) is 18.5 Å². The van der Waals surface area contributed by atoms with E-state index in [1.54, 1.807) is 7.11 Å². The van der Waals surface area contributed by atoms with Gasteiger partial charge in [0.05, 0.1) is 13.2 Å². The standard InChI is InChI=1S/C17H18BrNO2/c1-12(11-20)17(13-3-5-14(18)6-4-13)19-15-7-9-16(21-2)10-8-15/h3-12,17,19H,1-2H3/t12-,17-/m0/s1. The lowest BCUT2D eigenvalue weighted by Crippen LogP contribution is -2.19. The number of methoxy groups -OCH3 is 1. The second-order valence-corrected chi connectivity index (χ2v) is 5.81. The van der Waals surface area contributed by atoms with E-state index in [4.69, 9.17) is 4.74 Å². The Hall–Kier alpha value is -1.81. The lowest BCUT2D eigenvalue weighted by molar-refractivity contribution is -0.111. The molecule has 0 aromatic heterocycles. The Morgan fingerprint density at radius 3 is 2.24 bits per heavy atom. The van der Waals surface area contributed by atoms with Crippen molar-refractivity contribution in [2.24, 2.45) is 5.92 Å². The average molecular weight is 348 g/mol. The van der Waals surface area contributed by atoms with Crippen molar-refractivity contribution in [3.05, 3.63) is 58.6 Å². The van der Waals surface area contributed by atoms with Crippen molar-refractivity contribution in [2.75, 3.05) is 12.4 Å². The molecule has 0 saturated carbocycles. The van der Waals surface area contributed by atoms with Crippen LogP contribution in [0.15, 0.2) is 53.0 Å². The van der Waals surface area contributed by atoms with Gasteiger partial charge in [-0.25, -0.2) is 0 Å². The molecular weight excluding hydrogens is 330 g/mol. The minimum absolute atomic E-state index is 0.0657. The topological polar surface area (TPSA) is 38.3 Å². The molecule has 0 saturated heterocycles. The van der Waals surface area contributed by atoms with Gasteiger partial charge in [-0.05, 0) is 42.0 Å². The number of carbonyl (C=O) groups excluding carboxylic acids is 1. The van der Waals surface area contributed by atoms with Gasteiger partial charge in [-0.2, -0.15) is 0 Å². The molecule has 0 aliphatic rings. The van der Waals surface area contributed by atoms with Gasteiger partial charge in [-0.3, -0.25) is 0 Å². The monoisotopic (exact) mass is 347 g/mol. The van der Waals surface area contributed by atoms with Gasteiger partial charge in [0.25, 0.3) is 0 Å². The zero-order valence-corrected chi connectivity index (χ0v) is 13.6. The molecule has 0 amide bonds. The van der Waals surface area contributed by atoms with Gasteiger partial charge >= 0.3 is 0 Å². The van der Waals surface area contributed by atoms with E-state index in [0.29, 0.717) is 0 Å². The van der Waals surface area contributed by atoms with Crippen LogP contribution in [0.4, 0.5) is 5.69 Å². The summed E-state index contributed by atoms with van der Waals surface area (Å²) in [6, 6.07) is 15.6. The molecular formula is C17H18BrNO2. The Bertz CT molecular complexity index is 581. The quantitative estimate of drug-likeness (QED) is 0.784. The summed E-state index contributed by atoms with van der Waals surface area (Å²) in [4.78, 5) is 11.2. The molecule has 0 heterocycles. The average Bonchev–Trinajstić information content (AvgIpc) is 2.53. The van der Waals surface area contributed by atoms with Crippen molar-refractivity contribution < 1.29 is 9.53 Å². The van der Waals surface area contributed by atoms with Crippen LogP contribution in [-0.4, -0.2) is 13.4 Å². The van der Waals surface area contributed by atoms with Crippen LogP contribution in [-0.2, 0) is 4.79 Å². The normalized spacial score (nSPS) is 13.3. The summed E-state index contributed by atoms with van der Waals surface area (Å²) in [6.07, 6.45) is 0.975. The van der Waals surface area contributed by atoms with Crippen LogP contribution >= 0.6 is 15.9 Å². The van der Waals surface area contributed by atoms with E-state index in [9.17, 15) is 4.79 Å². The third kappa shape index (κ3) is 4.08. The fourth-order valence-electron chi connectivity index (χ4n) is 2.13. The zero-order valence-electron chi connectivity index (χ0n) is 12.0. The molecule has 2 aromatic carbocycles. The summed E-state index contributed by atoms with van der Waals surface area (Å²) in [7, 11) is 1.64. The molecule has 0 spiro atoms. The number of aldehydes is 1. The van der Waals surface area contributed by atoms with Crippen molar-refractivity contribution in [1.29, 1.82) is 0 Å². The Morgan fingerprint density at radius 2 is 1.71 bits per heavy atom. The number of ether oxygens (including phenoxy) is 1. The molecule has 0 radical (unpaired) electrons. The van der Waals surface area contributed by atoms with Crippen LogP contribution < -0.4 is 10.1 Å². The van der Waals surface area contributed by atoms with E-state index < -0.39 is 0 Å². The van der Waals surface area contributed by atoms with Gasteiger partial charge in [0, 0.05) is 16.1 Å². The largest absolute Gasteiger partial charge is 0.497 e. The number of carbonyl (C=O) groups is 1. The van der Waals surface area contributed by atoms with Gasteiger partial charge in [0.2, 0.25) is 0 Å². The van der Waals surface area contributed by atoms with Gasteiger partial charge in [0.1, 0.15) is 12.0 Å². The summed E-state index contributed by atoms with van der Waals surface area (Å²) in [6.45, 7) is 1.91. The fraction of sp³-hybridized carbons (Fsp3) is 0.235. The lowest BCUT2D eigenvalue weighted by Gasteiger charge is -2.23. The lowest BCUT2D eigenvalue weighted by atomic mass is 9.95. The van der Waals surface area contributed by atoms with E-state index in [-0.39, 0.29) is 12.0 Å². The molecule has 0 aliphatic heterocycles. The van der Waals surface area contributed by atoms with Gasteiger partial charge in [0.15, 0.2) is 0 Å². The molecule has 2 atom stereocenters. The van der Waals surface area contributed by atoms with Gasteiger partial charge in [-0.1, -0.05) is 35.0 Å². The summed E-state index contributed by atoms with van der Waals surface area (Å²) in [5.41, 5.74) is 2.03. The maximum Gasteiger partial charge on any atom is 0.125 e. The van der Waals surface area contributed by atoms with Gasteiger partial charge in [-0.15, -0.1) is 0 Å². The molecule has 3 nitrogen and oxygen atoms in total. The van der Waals surface area contributed by atoms with Crippen molar-refractivity contribution in [1.82, 2.24) is 0 Å². The molecule has 0 aliphatic carbocycles. The highest BCUT2D eigenvalue weighted by molar-refractivity contribution is 9.10. The van der Waals surface area contributed by atoms with E-state index in [2.05, 4.69) is 21.2 Å². The summed E-state index contributed by atoms with van der Waals surface area (Å²) < 4.78 is 6.17. The summed E-state index contributed by atoms with van der Waals surface area (Å²) in [5, 5.41) is 3.41. The summed E-state index contributed by atoms with van der Waals surface area (Å²) in [5.74, 6) is 0.678. The third-order valence-electron chi connectivity index (χ3n) is 3.38. The minimum Gasteiger partial charge on any atom is -0.497 e. The molecule has 21 heavy (non-hydrogen) atoms. The van der Waals surface area contributed by atoms with Crippen LogP contribution in [0.3, 0.4) is 0 Å². The maximum atomic E-state index is 11.2. The highest BCUT2D eigenvalue weighted by Crippen LogP contribution is 2.27. The maximum absolute atomic E-state index is 11.2. The Labute approximate surface area is 133 Å². The Kier molecular flexibility index (Phi) is 5.39. The van der Waals surface area contributed by atoms with Crippen LogP contribution in [0, 0.1) is 5.92 Å². The number of benzene rings is 2.